The van der Waals surface area contributed by atoms with Crippen LogP contribution in [0.5, 0.6) is 0 Å². The van der Waals surface area contributed by atoms with Gasteiger partial charge in [0.25, 0.3) is 0 Å². The summed E-state index contributed by atoms with van der Waals surface area (Å²) in [6.45, 7) is 12.6. The van der Waals surface area contributed by atoms with Crippen LogP contribution >= 0.6 is 0 Å². The standard InChI is InChI=1S/C18H37NO2SSi/c1-17(2,3)22(20,21)19-16(23(4,5)6)18(19)14-12-10-8-7-9-11-13-15-18/h16H,7-15H2,1-6H3. The fourth-order valence-corrected chi connectivity index (χ4v) is 10.7. The van der Waals surface area contributed by atoms with Crippen molar-refractivity contribution in [3.8, 4) is 0 Å². The molecule has 3 nitrogen and oxygen atoms in total. The van der Waals surface area contributed by atoms with Crippen LogP contribution in [-0.2, 0) is 10.0 Å². The van der Waals surface area contributed by atoms with E-state index >= 15 is 0 Å². The van der Waals surface area contributed by atoms with E-state index in [4.69, 9.17) is 0 Å². The molecule has 1 aliphatic carbocycles. The molecular weight excluding hydrogens is 322 g/mol. The molecule has 1 heterocycles. The van der Waals surface area contributed by atoms with Gasteiger partial charge in [-0.3, -0.25) is 0 Å². The van der Waals surface area contributed by atoms with Gasteiger partial charge in [0.15, 0.2) is 0 Å². The fraction of sp³-hybridized carbons (Fsp3) is 1.00. The first kappa shape index (κ1) is 19.5. The highest BCUT2D eigenvalue weighted by molar-refractivity contribution is 7.90. The molecule has 0 bridgehead atoms. The Kier molecular flexibility index (Phi) is 5.46. The maximum absolute atomic E-state index is 13.2. The molecule has 2 rings (SSSR count). The summed E-state index contributed by atoms with van der Waals surface area (Å²) in [5.74, 6) is 0. The van der Waals surface area contributed by atoms with E-state index < -0.39 is 22.8 Å². The van der Waals surface area contributed by atoms with Gasteiger partial charge in [-0.2, -0.15) is 4.31 Å². The van der Waals surface area contributed by atoms with E-state index in [1.165, 1.54) is 44.9 Å². The quantitative estimate of drug-likeness (QED) is 0.517. The van der Waals surface area contributed by atoms with E-state index in [9.17, 15) is 8.42 Å². The van der Waals surface area contributed by atoms with Crippen LogP contribution in [0.1, 0.15) is 78.6 Å². The van der Waals surface area contributed by atoms with Gasteiger partial charge in [0.1, 0.15) is 0 Å². The molecule has 1 saturated heterocycles. The molecule has 1 saturated carbocycles. The minimum atomic E-state index is -3.22. The van der Waals surface area contributed by atoms with Crippen molar-refractivity contribution in [1.29, 1.82) is 0 Å². The Morgan fingerprint density at radius 1 is 0.870 bits per heavy atom. The number of nitrogens with zero attached hydrogens (tertiary/aromatic N) is 1. The Balaban J connectivity index is 2.35. The molecule has 0 N–H and O–H groups in total. The highest BCUT2D eigenvalue weighted by Crippen LogP contribution is 2.56. The Morgan fingerprint density at radius 2 is 1.26 bits per heavy atom. The summed E-state index contributed by atoms with van der Waals surface area (Å²) in [7, 11) is -4.78. The normalized spacial score (nSPS) is 30.2. The Morgan fingerprint density at radius 3 is 1.61 bits per heavy atom. The molecule has 5 heteroatoms. The summed E-state index contributed by atoms with van der Waals surface area (Å²) >= 11 is 0. The third-order valence-corrected chi connectivity index (χ3v) is 11.0. The zero-order valence-electron chi connectivity index (χ0n) is 16.1. The first-order valence-electron chi connectivity index (χ1n) is 9.49. The molecule has 1 spiro atoms. The molecule has 2 atom stereocenters. The molecule has 136 valence electrons. The van der Waals surface area contributed by atoms with Crippen molar-refractivity contribution in [3.05, 3.63) is 0 Å². The lowest BCUT2D eigenvalue weighted by molar-refractivity contribution is 0.387. The minimum Gasteiger partial charge on any atom is -0.212 e. The Bertz CT molecular complexity index is 506. The average molecular weight is 360 g/mol. The summed E-state index contributed by atoms with van der Waals surface area (Å²) in [6, 6.07) is 0. The van der Waals surface area contributed by atoms with Gasteiger partial charge in [0.05, 0.1) is 12.8 Å². The van der Waals surface area contributed by atoms with Gasteiger partial charge in [-0.1, -0.05) is 64.6 Å². The molecule has 0 aromatic heterocycles. The molecule has 0 aromatic rings. The van der Waals surface area contributed by atoms with Crippen molar-refractivity contribution in [2.45, 2.75) is 114 Å². The monoisotopic (exact) mass is 359 g/mol. The van der Waals surface area contributed by atoms with Crippen LogP contribution in [0.4, 0.5) is 0 Å². The van der Waals surface area contributed by atoms with Crippen LogP contribution < -0.4 is 0 Å². The van der Waals surface area contributed by atoms with Gasteiger partial charge < -0.3 is 0 Å². The lowest BCUT2D eigenvalue weighted by Gasteiger charge is -2.25. The van der Waals surface area contributed by atoms with Crippen LogP contribution in [0.2, 0.25) is 19.6 Å². The van der Waals surface area contributed by atoms with Crippen molar-refractivity contribution >= 4 is 18.1 Å². The predicted molar refractivity (Wildman–Crippen MR) is 102 cm³/mol. The molecular formula is C18H37NO2SSi. The van der Waals surface area contributed by atoms with Crippen LogP contribution in [0.25, 0.3) is 0 Å². The highest BCUT2D eigenvalue weighted by Gasteiger charge is 2.71. The lowest BCUT2D eigenvalue weighted by atomic mass is 9.92. The van der Waals surface area contributed by atoms with Crippen molar-refractivity contribution in [2.24, 2.45) is 0 Å². The second-order valence-corrected chi connectivity index (χ2v) is 17.6. The summed E-state index contributed by atoms with van der Waals surface area (Å²) in [5.41, 5.74) is 0.257. The molecule has 23 heavy (non-hydrogen) atoms. The summed E-state index contributed by atoms with van der Waals surface area (Å²) in [6.07, 6.45) is 11.1. The third-order valence-electron chi connectivity index (χ3n) is 5.69. The van der Waals surface area contributed by atoms with Gasteiger partial charge in [0, 0.05) is 11.2 Å². The second kappa shape index (κ2) is 6.45. The van der Waals surface area contributed by atoms with E-state index in [0.717, 1.165) is 12.8 Å². The predicted octanol–water partition coefficient (Wildman–Crippen LogP) is 4.94. The number of rotatable bonds is 2. The van der Waals surface area contributed by atoms with E-state index in [1.54, 1.807) is 0 Å². The first-order chi connectivity index (χ1) is 10.4. The van der Waals surface area contributed by atoms with Gasteiger partial charge in [-0.25, -0.2) is 8.42 Å². The second-order valence-electron chi connectivity index (χ2n) is 9.76. The van der Waals surface area contributed by atoms with Crippen molar-refractivity contribution < 1.29 is 8.42 Å². The average Bonchev–Trinajstić information content (AvgIpc) is 3.06. The van der Waals surface area contributed by atoms with Crippen LogP contribution in [0.3, 0.4) is 0 Å². The molecule has 0 aromatic carbocycles. The van der Waals surface area contributed by atoms with Crippen LogP contribution in [0.15, 0.2) is 0 Å². The fourth-order valence-electron chi connectivity index (χ4n) is 4.54. The van der Waals surface area contributed by atoms with E-state index in [-0.39, 0.29) is 5.54 Å². The number of sulfonamides is 1. The molecule has 2 unspecified atom stereocenters. The Hall–Kier alpha value is 0.127. The van der Waals surface area contributed by atoms with Crippen LogP contribution in [-0.4, -0.2) is 36.7 Å². The zero-order valence-corrected chi connectivity index (χ0v) is 17.9. The highest BCUT2D eigenvalue weighted by atomic mass is 32.2. The lowest BCUT2D eigenvalue weighted by Crippen LogP contribution is -2.39. The summed E-state index contributed by atoms with van der Waals surface area (Å²) in [4.78, 5) is 0. The van der Waals surface area contributed by atoms with E-state index in [0.29, 0.717) is 5.67 Å². The zero-order chi connectivity index (χ0) is 17.5. The summed E-state index contributed by atoms with van der Waals surface area (Å²) in [5, 5.41) is 0. The smallest absolute Gasteiger partial charge is 0.212 e. The maximum Gasteiger partial charge on any atom is 0.219 e. The molecule has 2 fully saturated rings. The van der Waals surface area contributed by atoms with Gasteiger partial charge in [0.2, 0.25) is 10.0 Å². The van der Waals surface area contributed by atoms with Crippen molar-refractivity contribution in [3.63, 3.8) is 0 Å². The van der Waals surface area contributed by atoms with Gasteiger partial charge in [-0.05, 0) is 33.6 Å². The topological polar surface area (TPSA) is 37.1 Å². The molecule has 1 aliphatic heterocycles. The van der Waals surface area contributed by atoms with Crippen molar-refractivity contribution in [1.82, 2.24) is 4.31 Å². The molecule has 0 amide bonds. The SMILES string of the molecule is CC(C)(C)S(=O)(=O)N1C([Si](C)(C)C)C12CCCCCCCCC2. The van der Waals surface area contributed by atoms with Crippen molar-refractivity contribution in [2.75, 3.05) is 0 Å². The maximum atomic E-state index is 13.2. The van der Waals surface area contributed by atoms with Crippen LogP contribution in [0, 0.1) is 0 Å². The number of hydrogen-bond acceptors (Lipinski definition) is 2. The summed E-state index contributed by atoms with van der Waals surface area (Å²) < 4.78 is 27.8. The first-order valence-corrected chi connectivity index (χ1v) is 14.5. The van der Waals surface area contributed by atoms with E-state index in [2.05, 4.69) is 19.6 Å². The minimum absolute atomic E-state index is 0.0477. The largest absolute Gasteiger partial charge is 0.219 e. The van der Waals surface area contributed by atoms with E-state index in [1.807, 2.05) is 25.1 Å². The third kappa shape index (κ3) is 3.71. The molecule has 2 aliphatic rings. The Labute approximate surface area is 145 Å². The van der Waals surface area contributed by atoms with Gasteiger partial charge in [-0.15, -0.1) is 0 Å². The van der Waals surface area contributed by atoms with Gasteiger partial charge >= 0.3 is 0 Å². The molecule has 0 radical (unpaired) electrons. The number of hydrogen-bond donors (Lipinski definition) is 0.